The molecule has 6 rings (SSSR count). The zero-order valence-corrected chi connectivity index (χ0v) is 28.8. The predicted molar refractivity (Wildman–Crippen MR) is 188 cm³/mol. The third-order valence-electron chi connectivity index (χ3n) is 9.54. The summed E-state index contributed by atoms with van der Waals surface area (Å²) in [6.45, 7) is 3.05. The average molecular weight is 728 g/mol. The molecule has 0 radical (unpaired) electrons. The Kier molecular flexibility index (Phi) is 9.88. The molecule has 0 aromatic heterocycles. The maximum atomic E-state index is 14.0. The van der Waals surface area contributed by atoms with Crippen molar-refractivity contribution < 1.29 is 44.2 Å². The van der Waals surface area contributed by atoms with E-state index in [0.717, 1.165) is 0 Å². The summed E-state index contributed by atoms with van der Waals surface area (Å²) >= 11 is 5.36. The van der Waals surface area contributed by atoms with E-state index in [4.69, 9.17) is 37.2 Å². The van der Waals surface area contributed by atoms with Crippen LogP contribution >= 0.6 is 12.2 Å². The van der Waals surface area contributed by atoms with Gasteiger partial charge in [-0.1, -0.05) is 17.2 Å². The fourth-order valence-electron chi connectivity index (χ4n) is 6.81. The minimum Gasteiger partial charge on any atom is -0.507 e. The van der Waals surface area contributed by atoms with Gasteiger partial charge in [0.1, 0.15) is 22.8 Å². The molecule has 6 N–H and O–H groups in total. The number of aliphatic hydroxyl groups excluding tert-OH is 1. The molecule has 1 aliphatic heterocycles. The van der Waals surface area contributed by atoms with Crippen LogP contribution in [0.1, 0.15) is 81.3 Å². The number of fused-ring (bicyclic) bond motifs is 3. The van der Waals surface area contributed by atoms with Crippen LogP contribution in [0.5, 0.6) is 17.2 Å². The maximum Gasteiger partial charge on any atom is 0.202 e. The number of aromatic hydroxyl groups is 2. The number of azide groups is 1. The van der Waals surface area contributed by atoms with E-state index in [-0.39, 0.29) is 58.1 Å². The normalized spacial score (nSPS) is 25.1. The van der Waals surface area contributed by atoms with Crippen molar-refractivity contribution in [2.75, 3.05) is 12.4 Å². The number of benzene rings is 3. The standard InChI is InChI=1S/C35H33N7O9S/c1-15-29(43)21(40-42-37)11-24(50-15)51-23-13-35(48,16(2)39-41-34(52)38-18-9-7-17(14-36)8-10-18)12-20-26(23)33(47)28-27(31(20)45)30(44)19-5-4-6-22(49-3)25(19)32(28)46/h4-10,15,21,23-24,29,43,45,47-48H,11-13H2,1-3H3,(H2,38,41,52)/b39-16+/t15-,21-,23-,24-,29+,35-/m0/s1. The Morgan fingerprint density at radius 1 is 1.13 bits per heavy atom. The molecule has 1 heterocycles. The van der Waals surface area contributed by atoms with Gasteiger partial charge in [0.15, 0.2) is 17.2 Å². The Morgan fingerprint density at radius 2 is 1.85 bits per heavy atom. The van der Waals surface area contributed by atoms with Crippen molar-refractivity contribution in [2.24, 2.45) is 10.2 Å². The van der Waals surface area contributed by atoms with E-state index in [1.807, 2.05) is 6.07 Å². The summed E-state index contributed by atoms with van der Waals surface area (Å²) in [5.41, 5.74) is 9.76. The van der Waals surface area contributed by atoms with Gasteiger partial charge in [0.2, 0.25) is 5.78 Å². The molecule has 0 spiro atoms. The molecule has 0 amide bonds. The highest BCUT2D eigenvalue weighted by Gasteiger charge is 2.49. The van der Waals surface area contributed by atoms with E-state index in [1.54, 1.807) is 31.2 Å². The molecular weight excluding hydrogens is 694 g/mol. The summed E-state index contributed by atoms with van der Waals surface area (Å²) < 4.78 is 17.5. The molecule has 52 heavy (non-hydrogen) atoms. The number of nitrogens with zero attached hydrogens (tertiary/aromatic N) is 5. The van der Waals surface area contributed by atoms with Crippen LogP contribution in [0.2, 0.25) is 0 Å². The third-order valence-corrected chi connectivity index (χ3v) is 9.73. The largest absolute Gasteiger partial charge is 0.507 e. The van der Waals surface area contributed by atoms with E-state index < -0.39 is 70.4 Å². The topological polar surface area (TPSA) is 252 Å². The smallest absolute Gasteiger partial charge is 0.202 e. The molecule has 1 fully saturated rings. The second kappa shape index (κ2) is 14.2. The number of phenols is 2. The Morgan fingerprint density at radius 3 is 2.52 bits per heavy atom. The fourth-order valence-corrected chi connectivity index (χ4v) is 6.98. The molecule has 0 saturated carbocycles. The van der Waals surface area contributed by atoms with Gasteiger partial charge in [0, 0.05) is 46.6 Å². The lowest BCUT2D eigenvalue weighted by molar-refractivity contribution is -0.245. The Balaban J connectivity index is 1.40. The summed E-state index contributed by atoms with van der Waals surface area (Å²) in [6, 6.07) is 12.0. The summed E-state index contributed by atoms with van der Waals surface area (Å²) in [5.74, 6) is -2.69. The van der Waals surface area contributed by atoms with Crippen LogP contribution in [0.15, 0.2) is 52.7 Å². The second-order valence-corrected chi connectivity index (χ2v) is 13.0. The molecule has 2 aliphatic carbocycles. The molecule has 3 aromatic rings. The van der Waals surface area contributed by atoms with Crippen LogP contribution in [-0.4, -0.2) is 80.1 Å². The number of rotatable bonds is 7. The third kappa shape index (κ3) is 6.39. The number of phenolic OH excluding ortho intramolecular Hbond substituents is 2. The van der Waals surface area contributed by atoms with E-state index in [9.17, 15) is 30.0 Å². The van der Waals surface area contributed by atoms with Crippen molar-refractivity contribution in [3.8, 4) is 23.3 Å². The van der Waals surface area contributed by atoms with Crippen LogP contribution < -0.4 is 15.5 Å². The van der Waals surface area contributed by atoms with Crippen LogP contribution in [0.25, 0.3) is 10.4 Å². The number of nitrogens with one attached hydrogen (secondary N) is 2. The minimum absolute atomic E-state index is 0.0390. The first-order valence-corrected chi connectivity index (χ1v) is 16.5. The number of ether oxygens (including phenoxy) is 3. The van der Waals surface area contributed by atoms with Gasteiger partial charge in [-0.15, -0.1) is 0 Å². The fraction of sp³-hybridized carbons (Fsp3) is 0.343. The summed E-state index contributed by atoms with van der Waals surface area (Å²) in [6.07, 6.45) is -5.23. The number of hydrogen-bond donors (Lipinski definition) is 6. The van der Waals surface area contributed by atoms with Crippen molar-refractivity contribution in [3.05, 3.63) is 91.9 Å². The van der Waals surface area contributed by atoms with E-state index >= 15 is 0 Å². The van der Waals surface area contributed by atoms with E-state index in [2.05, 4.69) is 25.9 Å². The van der Waals surface area contributed by atoms with E-state index in [0.29, 0.717) is 11.3 Å². The lowest BCUT2D eigenvalue weighted by Crippen LogP contribution is -2.49. The van der Waals surface area contributed by atoms with Crippen molar-refractivity contribution in [1.82, 2.24) is 5.43 Å². The molecule has 268 valence electrons. The first-order valence-electron chi connectivity index (χ1n) is 16.1. The highest BCUT2D eigenvalue weighted by molar-refractivity contribution is 7.80. The number of hydrazone groups is 1. The molecule has 3 aliphatic rings. The monoisotopic (exact) mass is 727 g/mol. The number of anilines is 1. The first-order chi connectivity index (χ1) is 24.8. The minimum atomic E-state index is -1.90. The number of thiocarbonyl (C=S) groups is 1. The number of carbonyl (C=O) groups excluding carboxylic acids is 2. The molecule has 3 aromatic carbocycles. The average Bonchev–Trinajstić information content (AvgIpc) is 3.12. The maximum absolute atomic E-state index is 14.0. The molecular formula is C35H33N7O9S. The molecule has 16 nitrogen and oxygen atoms in total. The zero-order valence-electron chi connectivity index (χ0n) is 28.0. The molecule has 6 atom stereocenters. The van der Waals surface area contributed by atoms with Crippen molar-refractivity contribution >= 4 is 40.3 Å². The second-order valence-electron chi connectivity index (χ2n) is 12.6. The van der Waals surface area contributed by atoms with Crippen molar-refractivity contribution in [2.45, 2.75) is 69.4 Å². The van der Waals surface area contributed by atoms with Crippen molar-refractivity contribution in [3.63, 3.8) is 0 Å². The Bertz CT molecular complexity index is 2110. The summed E-state index contributed by atoms with van der Waals surface area (Å²) in [5, 5.41) is 66.3. The Hall–Kier alpha value is -5.60. The highest BCUT2D eigenvalue weighted by atomic mass is 32.1. The number of aliphatic hydroxyl groups is 2. The molecule has 1 saturated heterocycles. The quantitative estimate of drug-likeness (QED) is 0.0300. The summed E-state index contributed by atoms with van der Waals surface area (Å²) in [7, 11) is 1.33. The van der Waals surface area contributed by atoms with Crippen LogP contribution in [-0.2, 0) is 15.9 Å². The number of ketones is 2. The lowest BCUT2D eigenvalue weighted by atomic mass is 9.72. The molecule has 0 bridgehead atoms. The van der Waals surface area contributed by atoms with Crippen LogP contribution in [0.4, 0.5) is 5.69 Å². The van der Waals surface area contributed by atoms with Gasteiger partial charge in [-0.2, -0.15) is 10.4 Å². The number of nitriles is 1. The van der Waals surface area contributed by atoms with Gasteiger partial charge in [-0.3, -0.25) is 15.0 Å². The van der Waals surface area contributed by atoms with Crippen molar-refractivity contribution in [1.29, 1.82) is 5.26 Å². The first kappa shape index (κ1) is 36.2. The van der Waals surface area contributed by atoms with Gasteiger partial charge < -0.3 is 40.0 Å². The summed E-state index contributed by atoms with van der Waals surface area (Å²) in [4.78, 5) is 30.7. The SMILES string of the molecule is COc1cccc2c1C(=O)c1c(O)c3c(c(O)c1C2=O)C[C@@](O)(/C(C)=N/NC(=S)Nc1ccc(C#N)cc1)C[C@@H]3O[C@H]1C[C@H](N=[N+]=[N-])[C@H](O)[C@H](C)O1. The number of methoxy groups -OCH3 is 1. The number of hydrogen-bond acceptors (Lipinski definition) is 13. The number of carbonyl (C=O) groups is 2. The van der Waals surface area contributed by atoms with E-state index in [1.165, 1.54) is 32.2 Å². The molecule has 17 heteroatoms. The lowest BCUT2D eigenvalue weighted by Gasteiger charge is -2.42. The molecule has 0 unspecified atom stereocenters. The van der Waals surface area contributed by atoms with Gasteiger partial charge in [0.25, 0.3) is 0 Å². The van der Waals surface area contributed by atoms with Gasteiger partial charge in [0.05, 0.1) is 65.5 Å². The van der Waals surface area contributed by atoms with Gasteiger partial charge in [-0.25, -0.2) is 0 Å². The Labute approximate surface area is 301 Å². The predicted octanol–water partition coefficient (Wildman–Crippen LogP) is 4.03. The van der Waals surface area contributed by atoms with Gasteiger partial charge >= 0.3 is 0 Å². The van der Waals surface area contributed by atoms with Crippen LogP contribution in [0, 0.1) is 11.3 Å². The van der Waals surface area contributed by atoms with Gasteiger partial charge in [-0.05, 0) is 61.9 Å². The zero-order chi connectivity index (χ0) is 37.5. The van der Waals surface area contributed by atoms with Crippen LogP contribution in [0.3, 0.4) is 0 Å². The highest BCUT2D eigenvalue weighted by Crippen LogP contribution is 2.52.